The molecule has 0 unspecified atom stereocenters. The van der Waals surface area contributed by atoms with Crippen LogP contribution in [-0.4, -0.2) is 25.8 Å². The Hall–Kier alpha value is -4.15. The molecule has 1 aliphatic carbocycles. The first-order chi connectivity index (χ1) is 20.9. The number of benzene rings is 4. The Morgan fingerprint density at radius 2 is 1.23 bits per heavy atom. The molecule has 44 heavy (non-hydrogen) atoms. The highest BCUT2D eigenvalue weighted by molar-refractivity contribution is 5.87. The molecule has 228 valence electrons. The largest absolute Gasteiger partial charge is 0.490 e. The Morgan fingerprint density at radius 3 is 1.75 bits per heavy atom. The van der Waals surface area contributed by atoms with E-state index in [1.165, 1.54) is 27.8 Å². The van der Waals surface area contributed by atoms with E-state index in [1.54, 1.807) is 6.92 Å². The molecular formula is C40H44O4. The molecule has 0 fully saturated rings. The van der Waals surface area contributed by atoms with Gasteiger partial charge in [-0.25, -0.2) is 4.79 Å². The lowest BCUT2D eigenvalue weighted by Crippen LogP contribution is -2.29. The SMILES string of the molecule is C=C(C)C(=O)OCCOc1ccc(C2(c3ccc(C(C)(C)OCCC(C)(C)C)cc3)c3ccccc3-c3ccccc32)cc1. The third-order valence-corrected chi connectivity index (χ3v) is 8.50. The van der Waals surface area contributed by atoms with Crippen LogP contribution < -0.4 is 4.74 Å². The molecule has 1 aliphatic rings. The molecule has 0 saturated heterocycles. The van der Waals surface area contributed by atoms with Gasteiger partial charge in [0.25, 0.3) is 0 Å². The Bertz CT molecular complexity index is 1580. The molecule has 0 spiro atoms. The van der Waals surface area contributed by atoms with E-state index < -0.39 is 17.0 Å². The quantitative estimate of drug-likeness (QED) is 0.0876. The van der Waals surface area contributed by atoms with Crippen LogP contribution in [0.4, 0.5) is 0 Å². The zero-order valence-electron chi connectivity index (χ0n) is 26.9. The van der Waals surface area contributed by atoms with Gasteiger partial charge in [0.1, 0.15) is 19.0 Å². The molecule has 4 aromatic carbocycles. The highest BCUT2D eigenvalue weighted by atomic mass is 16.6. The fraction of sp³-hybridized carbons (Fsp3) is 0.325. The van der Waals surface area contributed by atoms with Crippen molar-refractivity contribution in [3.63, 3.8) is 0 Å². The second kappa shape index (κ2) is 12.5. The van der Waals surface area contributed by atoms with Crippen LogP contribution in [0.2, 0.25) is 0 Å². The van der Waals surface area contributed by atoms with Crippen LogP contribution in [0.3, 0.4) is 0 Å². The molecule has 4 nitrogen and oxygen atoms in total. The fourth-order valence-electron chi connectivity index (χ4n) is 6.06. The van der Waals surface area contributed by atoms with Crippen molar-refractivity contribution in [3.05, 3.63) is 137 Å². The van der Waals surface area contributed by atoms with Gasteiger partial charge in [0, 0.05) is 12.2 Å². The molecule has 0 bridgehead atoms. The van der Waals surface area contributed by atoms with E-state index >= 15 is 0 Å². The Kier molecular flexibility index (Phi) is 8.85. The second-order valence-corrected chi connectivity index (χ2v) is 13.4. The van der Waals surface area contributed by atoms with Crippen LogP contribution in [0.15, 0.2) is 109 Å². The first kappa shape index (κ1) is 31.3. The van der Waals surface area contributed by atoms with Crippen molar-refractivity contribution >= 4 is 5.97 Å². The zero-order chi connectivity index (χ0) is 31.5. The molecule has 0 radical (unpaired) electrons. The standard InChI is InChI=1S/C40H44O4/c1-28(2)37(41)43-27-26-42-32-22-20-31(21-23-32)40(35-14-10-8-12-33(35)34-13-9-11-15-36(34)40)30-18-16-29(17-19-30)39(6,7)44-25-24-38(3,4)5/h8-23H,1,24-27H2,2-7H3. The predicted octanol–water partition coefficient (Wildman–Crippen LogP) is 9.24. The first-order valence-electron chi connectivity index (χ1n) is 15.4. The Balaban J connectivity index is 1.51. The van der Waals surface area contributed by atoms with Crippen molar-refractivity contribution in [2.45, 2.75) is 59.0 Å². The highest BCUT2D eigenvalue weighted by Gasteiger charge is 2.46. The van der Waals surface area contributed by atoms with Crippen molar-refractivity contribution in [1.82, 2.24) is 0 Å². The predicted molar refractivity (Wildman–Crippen MR) is 178 cm³/mol. The van der Waals surface area contributed by atoms with E-state index in [0.717, 1.165) is 23.3 Å². The number of esters is 1. The van der Waals surface area contributed by atoms with Gasteiger partial charge in [-0.3, -0.25) is 0 Å². The maximum absolute atomic E-state index is 11.7. The minimum absolute atomic E-state index is 0.167. The van der Waals surface area contributed by atoms with Crippen molar-refractivity contribution in [2.75, 3.05) is 19.8 Å². The maximum atomic E-state index is 11.7. The third kappa shape index (κ3) is 6.23. The second-order valence-electron chi connectivity index (χ2n) is 13.4. The van der Waals surface area contributed by atoms with Crippen molar-refractivity contribution in [2.24, 2.45) is 5.41 Å². The van der Waals surface area contributed by atoms with Gasteiger partial charge in [-0.2, -0.15) is 0 Å². The molecule has 0 aromatic heterocycles. The molecule has 0 saturated carbocycles. The monoisotopic (exact) mass is 588 g/mol. The highest BCUT2D eigenvalue weighted by Crippen LogP contribution is 2.56. The Morgan fingerprint density at radius 1 is 0.705 bits per heavy atom. The van der Waals surface area contributed by atoms with Crippen molar-refractivity contribution in [3.8, 4) is 16.9 Å². The lowest BCUT2D eigenvalue weighted by molar-refractivity contribution is -0.139. The van der Waals surface area contributed by atoms with E-state index in [0.29, 0.717) is 12.2 Å². The van der Waals surface area contributed by atoms with Gasteiger partial charge < -0.3 is 14.2 Å². The van der Waals surface area contributed by atoms with Gasteiger partial charge >= 0.3 is 5.97 Å². The zero-order valence-corrected chi connectivity index (χ0v) is 26.9. The van der Waals surface area contributed by atoms with Crippen LogP contribution in [0.25, 0.3) is 11.1 Å². The van der Waals surface area contributed by atoms with E-state index in [-0.39, 0.29) is 18.6 Å². The number of ether oxygens (including phenoxy) is 3. The Labute approximate surface area is 262 Å². The summed E-state index contributed by atoms with van der Waals surface area (Å²) < 4.78 is 17.5. The normalized spacial score (nSPS) is 13.6. The van der Waals surface area contributed by atoms with Gasteiger partial charge in [0.15, 0.2) is 0 Å². The summed E-state index contributed by atoms with van der Waals surface area (Å²) in [6.45, 7) is 17.4. The average molecular weight is 589 g/mol. The molecule has 0 aliphatic heterocycles. The topological polar surface area (TPSA) is 44.8 Å². The number of rotatable bonds is 11. The summed E-state index contributed by atoms with van der Waals surface area (Å²) in [5, 5.41) is 0. The van der Waals surface area contributed by atoms with Crippen LogP contribution in [0.5, 0.6) is 5.75 Å². The smallest absolute Gasteiger partial charge is 0.333 e. The molecule has 0 atom stereocenters. The average Bonchev–Trinajstić information content (AvgIpc) is 3.30. The van der Waals surface area contributed by atoms with Gasteiger partial charge in [0.05, 0.1) is 11.0 Å². The third-order valence-electron chi connectivity index (χ3n) is 8.50. The van der Waals surface area contributed by atoms with Gasteiger partial charge in [-0.15, -0.1) is 0 Å². The number of fused-ring (bicyclic) bond motifs is 3. The van der Waals surface area contributed by atoms with E-state index in [2.05, 4.69) is 126 Å². The summed E-state index contributed by atoms with van der Waals surface area (Å²) >= 11 is 0. The molecule has 0 heterocycles. The van der Waals surface area contributed by atoms with Crippen LogP contribution in [0, 0.1) is 5.41 Å². The molecule has 4 aromatic rings. The molecule has 0 N–H and O–H groups in total. The number of hydrogen-bond acceptors (Lipinski definition) is 4. The van der Waals surface area contributed by atoms with Crippen molar-refractivity contribution < 1.29 is 19.0 Å². The summed E-state index contributed by atoms with van der Waals surface area (Å²) in [6, 6.07) is 34.7. The minimum Gasteiger partial charge on any atom is -0.490 e. The minimum atomic E-state index is -0.501. The van der Waals surface area contributed by atoms with Crippen LogP contribution in [0.1, 0.15) is 75.8 Å². The lowest BCUT2D eigenvalue weighted by atomic mass is 9.67. The summed E-state index contributed by atoms with van der Waals surface area (Å²) in [5.41, 5.74) is 8.23. The molecular weight excluding hydrogens is 544 g/mol. The number of carbonyl (C=O) groups excluding carboxylic acids is 1. The van der Waals surface area contributed by atoms with E-state index in [4.69, 9.17) is 14.2 Å². The summed E-state index contributed by atoms with van der Waals surface area (Å²) in [5.74, 6) is 0.315. The fourth-order valence-corrected chi connectivity index (χ4v) is 6.06. The summed E-state index contributed by atoms with van der Waals surface area (Å²) in [4.78, 5) is 11.7. The first-order valence-corrected chi connectivity index (χ1v) is 15.4. The number of hydrogen-bond donors (Lipinski definition) is 0. The van der Waals surface area contributed by atoms with Gasteiger partial charge in [0.2, 0.25) is 0 Å². The molecule has 4 heteroatoms. The molecule has 0 amide bonds. The lowest BCUT2D eigenvalue weighted by Gasteiger charge is -2.35. The van der Waals surface area contributed by atoms with Crippen LogP contribution >= 0.6 is 0 Å². The van der Waals surface area contributed by atoms with Gasteiger partial charge in [-0.1, -0.05) is 112 Å². The van der Waals surface area contributed by atoms with Crippen molar-refractivity contribution in [1.29, 1.82) is 0 Å². The maximum Gasteiger partial charge on any atom is 0.333 e. The molecule has 5 rings (SSSR count). The summed E-state index contributed by atoms with van der Waals surface area (Å²) in [7, 11) is 0. The number of carbonyl (C=O) groups is 1. The van der Waals surface area contributed by atoms with E-state index in [9.17, 15) is 4.79 Å². The van der Waals surface area contributed by atoms with E-state index in [1.807, 2.05) is 12.1 Å². The van der Waals surface area contributed by atoms with Crippen LogP contribution in [-0.2, 0) is 25.3 Å². The van der Waals surface area contributed by atoms with Gasteiger partial charge in [-0.05, 0) is 83.7 Å². The summed E-state index contributed by atoms with van der Waals surface area (Å²) in [6.07, 6.45) is 1.00.